The van der Waals surface area contributed by atoms with Crippen LogP contribution in [0.1, 0.15) is 11.6 Å². The lowest BCUT2D eigenvalue weighted by atomic mass is 10.1. The Balaban J connectivity index is 3.27. The molecule has 0 unspecified atom stereocenters. The highest BCUT2D eigenvalue weighted by Crippen LogP contribution is 2.23. The van der Waals surface area contributed by atoms with Gasteiger partial charge >= 0.3 is 0 Å². The third-order valence-corrected chi connectivity index (χ3v) is 2.77. The molecule has 0 fully saturated rings. The Kier molecular flexibility index (Phi) is 3.38. The van der Waals surface area contributed by atoms with Crippen LogP contribution < -0.4 is 5.73 Å². The van der Waals surface area contributed by atoms with E-state index in [4.69, 9.17) is 5.73 Å². The van der Waals surface area contributed by atoms with Gasteiger partial charge in [-0.05, 0) is 34.2 Å². The zero-order chi connectivity index (χ0) is 10.0. The van der Waals surface area contributed by atoms with Crippen LogP contribution >= 0.6 is 22.6 Å². The number of nitrogens with two attached hydrogens (primary N) is 1. The van der Waals surface area contributed by atoms with Crippen LogP contribution in [-0.4, -0.2) is 0 Å². The average molecular weight is 295 g/mol. The first-order valence-corrected chi connectivity index (χ1v) is 4.66. The highest BCUT2D eigenvalue weighted by Gasteiger charge is 2.12. The average Bonchev–Trinajstić information content (AvgIpc) is 2.10. The topological polar surface area (TPSA) is 26.0 Å². The Labute approximate surface area is 88.8 Å². The van der Waals surface area contributed by atoms with Gasteiger partial charge in [-0.1, -0.05) is 6.08 Å². The third-order valence-electron chi connectivity index (χ3n) is 1.63. The molecule has 1 aromatic carbocycles. The first-order valence-electron chi connectivity index (χ1n) is 3.59. The van der Waals surface area contributed by atoms with E-state index in [2.05, 4.69) is 6.58 Å². The number of benzene rings is 1. The van der Waals surface area contributed by atoms with Gasteiger partial charge in [-0.2, -0.15) is 0 Å². The molecule has 2 N–H and O–H groups in total. The van der Waals surface area contributed by atoms with E-state index in [1.54, 1.807) is 22.6 Å². The first kappa shape index (κ1) is 10.6. The maximum atomic E-state index is 13.0. The summed E-state index contributed by atoms with van der Waals surface area (Å²) >= 11 is 1.79. The summed E-state index contributed by atoms with van der Waals surface area (Å²) < 4.78 is 26.1. The van der Waals surface area contributed by atoms with Crippen molar-refractivity contribution in [3.8, 4) is 0 Å². The van der Waals surface area contributed by atoms with Gasteiger partial charge in [0.15, 0.2) is 0 Å². The molecule has 0 spiro atoms. The van der Waals surface area contributed by atoms with Gasteiger partial charge in [-0.15, -0.1) is 6.58 Å². The molecule has 1 rings (SSSR count). The molecule has 0 aromatic heterocycles. The van der Waals surface area contributed by atoms with E-state index < -0.39 is 17.7 Å². The van der Waals surface area contributed by atoms with Crippen molar-refractivity contribution in [3.63, 3.8) is 0 Å². The molecule has 0 saturated heterocycles. The number of hydrogen-bond acceptors (Lipinski definition) is 1. The van der Waals surface area contributed by atoms with Gasteiger partial charge < -0.3 is 5.73 Å². The fourth-order valence-corrected chi connectivity index (χ4v) is 1.62. The van der Waals surface area contributed by atoms with Gasteiger partial charge in [0.05, 0.1) is 3.57 Å². The highest BCUT2D eigenvalue weighted by molar-refractivity contribution is 14.1. The summed E-state index contributed by atoms with van der Waals surface area (Å²) in [7, 11) is 0. The number of hydrogen-bond donors (Lipinski definition) is 1. The summed E-state index contributed by atoms with van der Waals surface area (Å²) in [5, 5.41) is 0. The van der Waals surface area contributed by atoms with E-state index in [0.29, 0.717) is 9.13 Å². The van der Waals surface area contributed by atoms with Crippen molar-refractivity contribution in [2.24, 2.45) is 5.73 Å². The molecule has 0 aliphatic rings. The molecule has 0 heterocycles. The molecule has 1 atom stereocenters. The van der Waals surface area contributed by atoms with Crippen LogP contribution in [0.2, 0.25) is 0 Å². The van der Waals surface area contributed by atoms with E-state index in [1.807, 2.05) is 0 Å². The van der Waals surface area contributed by atoms with Gasteiger partial charge in [0.2, 0.25) is 0 Å². The summed E-state index contributed by atoms with van der Waals surface area (Å²) in [5.41, 5.74) is 6.00. The molecule has 1 aromatic rings. The second kappa shape index (κ2) is 4.15. The van der Waals surface area contributed by atoms with E-state index in [9.17, 15) is 8.78 Å². The SMILES string of the molecule is C=C[C@@H](N)c1cc(F)cc(F)c1I. The maximum Gasteiger partial charge on any atom is 0.139 e. The second-order valence-electron chi connectivity index (χ2n) is 2.55. The highest BCUT2D eigenvalue weighted by atomic mass is 127. The summed E-state index contributed by atoms with van der Waals surface area (Å²) in [6, 6.07) is 1.52. The predicted molar refractivity (Wildman–Crippen MR) is 56.2 cm³/mol. The van der Waals surface area contributed by atoms with Crippen molar-refractivity contribution in [2.45, 2.75) is 6.04 Å². The summed E-state index contributed by atoms with van der Waals surface area (Å²) in [5.74, 6) is -1.21. The standard InChI is InChI=1S/C9H8F2IN/c1-2-8(13)6-3-5(10)4-7(11)9(6)12/h2-4,8H,1,13H2/t8-/m1/s1. The summed E-state index contributed by atoms with van der Waals surface area (Å²) in [6.45, 7) is 3.46. The van der Waals surface area contributed by atoms with Crippen molar-refractivity contribution in [1.29, 1.82) is 0 Å². The second-order valence-corrected chi connectivity index (χ2v) is 3.63. The Morgan fingerprint density at radius 1 is 1.46 bits per heavy atom. The van der Waals surface area contributed by atoms with Crippen molar-refractivity contribution in [2.75, 3.05) is 0 Å². The maximum absolute atomic E-state index is 13.0. The fraction of sp³-hybridized carbons (Fsp3) is 0.111. The van der Waals surface area contributed by atoms with Crippen molar-refractivity contribution < 1.29 is 8.78 Å². The van der Waals surface area contributed by atoms with E-state index >= 15 is 0 Å². The van der Waals surface area contributed by atoms with Gasteiger partial charge in [0.25, 0.3) is 0 Å². The lowest BCUT2D eigenvalue weighted by molar-refractivity contribution is 0.572. The van der Waals surface area contributed by atoms with Gasteiger partial charge in [0.1, 0.15) is 11.6 Å². The molecule has 4 heteroatoms. The van der Waals surface area contributed by atoms with Crippen LogP contribution in [0, 0.1) is 15.2 Å². The molecule has 0 bridgehead atoms. The summed E-state index contributed by atoms with van der Waals surface area (Å²) in [4.78, 5) is 0. The molecular formula is C9H8F2IN. The lowest BCUT2D eigenvalue weighted by Crippen LogP contribution is -2.10. The summed E-state index contributed by atoms with van der Waals surface area (Å²) in [6.07, 6.45) is 1.44. The van der Waals surface area contributed by atoms with E-state index in [-0.39, 0.29) is 0 Å². The van der Waals surface area contributed by atoms with Crippen molar-refractivity contribution in [3.05, 3.63) is 45.6 Å². The minimum absolute atomic E-state index is 0.339. The van der Waals surface area contributed by atoms with Gasteiger partial charge in [-0.25, -0.2) is 8.78 Å². The molecular weight excluding hydrogens is 287 g/mol. The van der Waals surface area contributed by atoms with Crippen LogP contribution in [0.5, 0.6) is 0 Å². The molecule has 0 amide bonds. The smallest absolute Gasteiger partial charge is 0.139 e. The molecule has 13 heavy (non-hydrogen) atoms. The van der Waals surface area contributed by atoms with Crippen molar-refractivity contribution >= 4 is 22.6 Å². The number of halogens is 3. The Hall–Kier alpha value is -0.490. The zero-order valence-electron chi connectivity index (χ0n) is 6.73. The Bertz CT molecular complexity index is 339. The van der Waals surface area contributed by atoms with E-state index in [1.165, 1.54) is 12.1 Å². The molecule has 0 aliphatic carbocycles. The molecule has 1 nitrogen and oxygen atoms in total. The van der Waals surface area contributed by atoms with Crippen molar-refractivity contribution in [1.82, 2.24) is 0 Å². The molecule has 70 valence electrons. The third kappa shape index (κ3) is 2.25. The molecule has 0 aliphatic heterocycles. The van der Waals surface area contributed by atoms with Crippen LogP contribution in [0.25, 0.3) is 0 Å². The first-order chi connectivity index (χ1) is 6.06. The van der Waals surface area contributed by atoms with Gasteiger partial charge in [-0.3, -0.25) is 0 Å². The normalized spacial score (nSPS) is 12.6. The molecule has 0 radical (unpaired) electrons. The fourth-order valence-electron chi connectivity index (χ4n) is 0.945. The Morgan fingerprint density at radius 3 is 2.62 bits per heavy atom. The van der Waals surface area contributed by atoms with Crippen LogP contribution in [0.3, 0.4) is 0 Å². The zero-order valence-corrected chi connectivity index (χ0v) is 8.89. The minimum Gasteiger partial charge on any atom is -0.321 e. The lowest BCUT2D eigenvalue weighted by Gasteiger charge is -2.09. The van der Waals surface area contributed by atoms with E-state index in [0.717, 1.165) is 6.07 Å². The van der Waals surface area contributed by atoms with Crippen LogP contribution in [0.4, 0.5) is 8.78 Å². The van der Waals surface area contributed by atoms with Crippen LogP contribution in [-0.2, 0) is 0 Å². The number of rotatable bonds is 2. The predicted octanol–water partition coefficient (Wildman–Crippen LogP) is 2.76. The quantitative estimate of drug-likeness (QED) is 0.507. The Morgan fingerprint density at radius 2 is 2.08 bits per heavy atom. The largest absolute Gasteiger partial charge is 0.321 e. The molecule has 0 saturated carbocycles. The minimum atomic E-state index is -0.620. The monoisotopic (exact) mass is 295 g/mol. The van der Waals surface area contributed by atoms with Crippen LogP contribution in [0.15, 0.2) is 24.8 Å². The van der Waals surface area contributed by atoms with Gasteiger partial charge in [0, 0.05) is 12.1 Å².